The average Bonchev–Trinajstić information content (AvgIpc) is 3.06. The summed E-state index contributed by atoms with van der Waals surface area (Å²) in [5.41, 5.74) is 1.70. The highest BCUT2D eigenvalue weighted by Gasteiger charge is 2.14. The number of carbonyl (C=O) groups excluding carboxylic acids is 1. The summed E-state index contributed by atoms with van der Waals surface area (Å²) in [5, 5.41) is 5.71. The van der Waals surface area contributed by atoms with E-state index in [2.05, 4.69) is 15.3 Å². The molecule has 2 aromatic heterocycles. The second-order valence-electron chi connectivity index (χ2n) is 4.58. The maximum absolute atomic E-state index is 12.4. The molecular formula is C16H12ClN3O2S. The van der Waals surface area contributed by atoms with Gasteiger partial charge in [-0.3, -0.25) is 9.78 Å². The van der Waals surface area contributed by atoms with Crippen molar-refractivity contribution in [2.24, 2.45) is 0 Å². The second-order valence-corrected chi connectivity index (χ2v) is 5.87. The lowest BCUT2D eigenvalue weighted by molar-refractivity contribution is 0.102. The van der Waals surface area contributed by atoms with Crippen LogP contribution in [0.2, 0.25) is 5.02 Å². The summed E-state index contributed by atoms with van der Waals surface area (Å²) < 4.78 is 5.21. The summed E-state index contributed by atoms with van der Waals surface area (Å²) in [6, 6.07) is 8.74. The van der Waals surface area contributed by atoms with E-state index in [1.54, 1.807) is 36.0 Å². The Morgan fingerprint density at radius 3 is 2.96 bits per heavy atom. The number of anilines is 1. The van der Waals surface area contributed by atoms with Crippen molar-refractivity contribution in [3.63, 3.8) is 0 Å². The Balaban J connectivity index is 1.82. The van der Waals surface area contributed by atoms with E-state index in [4.69, 9.17) is 16.3 Å². The zero-order chi connectivity index (χ0) is 16.2. The van der Waals surface area contributed by atoms with Crippen LogP contribution in [0.3, 0.4) is 0 Å². The molecule has 116 valence electrons. The topological polar surface area (TPSA) is 64.1 Å². The number of benzene rings is 1. The van der Waals surface area contributed by atoms with E-state index in [1.807, 2.05) is 12.1 Å². The summed E-state index contributed by atoms with van der Waals surface area (Å²) in [6.07, 6.45) is 3.40. The first-order valence-electron chi connectivity index (χ1n) is 6.68. The first-order chi connectivity index (χ1) is 11.2. The van der Waals surface area contributed by atoms with Crippen LogP contribution < -0.4 is 10.1 Å². The lowest BCUT2D eigenvalue weighted by Gasteiger charge is -2.09. The van der Waals surface area contributed by atoms with Crippen LogP contribution in [0, 0.1) is 0 Å². The molecule has 5 nitrogen and oxygen atoms in total. The monoisotopic (exact) mass is 345 g/mol. The van der Waals surface area contributed by atoms with Crippen LogP contribution in [0.5, 0.6) is 5.75 Å². The Morgan fingerprint density at radius 1 is 1.35 bits per heavy atom. The molecule has 0 radical (unpaired) electrons. The van der Waals surface area contributed by atoms with Gasteiger partial charge in [0.25, 0.3) is 5.91 Å². The third-order valence-electron chi connectivity index (χ3n) is 3.06. The number of nitrogens with one attached hydrogen (secondary N) is 1. The van der Waals surface area contributed by atoms with Gasteiger partial charge in [0.2, 0.25) is 0 Å². The Bertz CT molecular complexity index is 836. The van der Waals surface area contributed by atoms with E-state index in [0.29, 0.717) is 22.2 Å². The molecule has 2 heterocycles. The standard InChI is InChI=1S/C16H12ClN3O2S/c1-22-14-5-4-11(17)7-12(14)19-15(21)13-9-23-16(20-13)10-3-2-6-18-8-10/h2-9H,1H3,(H,19,21). The number of halogens is 1. The van der Waals surface area contributed by atoms with Crippen molar-refractivity contribution >= 4 is 34.5 Å². The predicted molar refractivity (Wildman–Crippen MR) is 91.3 cm³/mol. The molecule has 0 unspecified atom stereocenters. The number of methoxy groups -OCH3 is 1. The van der Waals surface area contributed by atoms with E-state index in [1.165, 1.54) is 18.4 Å². The number of thiazole rings is 1. The van der Waals surface area contributed by atoms with Crippen LogP contribution in [0.15, 0.2) is 48.1 Å². The molecule has 0 spiro atoms. The second kappa shape index (κ2) is 6.76. The third kappa shape index (κ3) is 3.49. The summed E-state index contributed by atoms with van der Waals surface area (Å²) in [6.45, 7) is 0. The fourth-order valence-corrected chi connectivity index (χ4v) is 2.93. The molecule has 0 aliphatic carbocycles. The normalized spacial score (nSPS) is 10.3. The minimum atomic E-state index is -0.322. The van der Waals surface area contributed by atoms with Gasteiger partial charge in [-0.1, -0.05) is 11.6 Å². The number of aromatic nitrogens is 2. The Hall–Kier alpha value is -2.44. The smallest absolute Gasteiger partial charge is 0.275 e. The van der Waals surface area contributed by atoms with Crippen LogP contribution in [0.1, 0.15) is 10.5 Å². The minimum Gasteiger partial charge on any atom is -0.495 e. The molecule has 3 aromatic rings. The van der Waals surface area contributed by atoms with E-state index >= 15 is 0 Å². The molecule has 0 atom stereocenters. The fourth-order valence-electron chi connectivity index (χ4n) is 1.96. The molecule has 0 aliphatic rings. The number of pyridine rings is 1. The largest absolute Gasteiger partial charge is 0.495 e. The lowest BCUT2D eigenvalue weighted by atomic mass is 10.2. The van der Waals surface area contributed by atoms with Gasteiger partial charge in [0.15, 0.2) is 0 Å². The van der Waals surface area contributed by atoms with Gasteiger partial charge in [0.1, 0.15) is 16.5 Å². The van der Waals surface area contributed by atoms with Crippen molar-refractivity contribution in [3.05, 3.63) is 58.8 Å². The zero-order valence-corrected chi connectivity index (χ0v) is 13.7. The molecule has 0 bridgehead atoms. The van der Waals surface area contributed by atoms with Crippen molar-refractivity contribution in [2.45, 2.75) is 0 Å². The predicted octanol–water partition coefficient (Wildman–Crippen LogP) is 4.12. The number of nitrogens with zero attached hydrogens (tertiary/aromatic N) is 2. The lowest BCUT2D eigenvalue weighted by Crippen LogP contribution is -2.13. The van der Waals surface area contributed by atoms with Gasteiger partial charge in [-0.05, 0) is 30.3 Å². The van der Waals surface area contributed by atoms with Crippen molar-refractivity contribution in [2.75, 3.05) is 12.4 Å². The number of rotatable bonds is 4. The van der Waals surface area contributed by atoms with E-state index < -0.39 is 0 Å². The third-order valence-corrected chi connectivity index (χ3v) is 4.18. The SMILES string of the molecule is COc1ccc(Cl)cc1NC(=O)c1csc(-c2cccnc2)n1. The van der Waals surface area contributed by atoms with Gasteiger partial charge in [-0.2, -0.15) is 0 Å². The highest BCUT2D eigenvalue weighted by molar-refractivity contribution is 7.13. The summed E-state index contributed by atoms with van der Waals surface area (Å²) >= 11 is 7.35. The molecule has 1 amide bonds. The van der Waals surface area contributed by atoms with Gasteiger partial charge < -0.3 is 10.1 Å². The number of ether oxygens (including phenoxy) is 1. The van der Waals surface area contributed by atoms with Crippen molar-refractivity contribution in [3.8, 4) is 16.3 Å². The van der Waals surface area contributed by atoms with Gasteiger partial charge in [-0.15, -0.1) is 11.3 Å². The maximum atomic E-state index is 12.4. The Labute approximate surface area is 141 Å². The van der Waals surface area contributed by atoms with Crippen molar-refractivity contribution < 1.29 is 9.53 Å². The Kier molecular flexibility index (Phi) is 4.55. The molecule has 0 saturated heterocycles. The van der Waals surface area contributed by atoms with Gasteiger partial charge in [0.05, 0.1) is 12.8 Å². The van der Waals surface area contributed by atoms with Gasteiger partial charge >= 0.3 is 0 Å². The van der Waals surface area contributed by atoms with E-state index in [9.17, 15) is 4.79 Å². The van der Waals surface area contributed by atoms with Crippen LogP contribution in [-0.2, 0) is 0 Å². The van der Waals surface area contributed by atoms with Crippen LogP contribution in [-0.4, -0.2) is 23.0 Å². The summed E-state index contributed by atoms with van der Waals surface area (Å²) in [7, 11) is 1.53. The molecule has 0 saturated carbocycles. The summed E-state index contributed by atoms with van der Waals surface area (Å²) in [5.74, 6) is 0.211. The van der Waals surface area contributed by atoms with Crippen molar-refractivity contribution in [1.82, 2.24) is 9.97 Å². The summed E-state index contributed by atoms with van der Waals surface area (Å²) in [4.78, 5) is 20.8. The minimum absolute atomic E-state index is 0.322. The number of hydrogen-bond acceptors (Lipinski definition) is 5. The van der Waals surface area contributed by atoms with E-state index in [-0.39, 0.29) is 5.91 Å². The first-order valence-corrected chi connectivity index (χ1v) is 7.94. The van der Waals surface area contributed by atoms with Gasteiger partial charge in [0, 0.05) is 28.4 Å². The molecular weight excluding hydrogens is 334 g/mol. The highest BCUT2D eigenvalue weighted by Crippen LogP contribution is 2.29. The quantitative estimate of drug-likeness (QED) is 0.772. The molecule has 0 aliphatic heterocycles. The molecule has 23 heavy (non-hydrogen) atoms. The van der Waals surface area contributed by atoms with Crippen LogP contribution in [0.4, 0.5) is 5.69 Å². The zero-order valence-electron chi connectivity index (χ0n) is 12.1. The van der Waals surface area contributed by atoms with Gasteiger partial charge in [-0.25, -0.2) is 4.98 Å². The molecule has 1 N–H and O–H groups in total. The fraction of sp³-hybridized carbons (Fsp3) is 0.0625. The molecule has 0 fully saturated rings. The maximum Gasteiger partial charge on any atom is 0.275 e. The first kappa shape index (κ1) is 15.5. The van der Waals surface area contributed by atoms with Crippen molar-refractivity contribution in [1.29, 1.82) is 0 Å². The molecule has 7 heteroatoms. The van der Waals surface area contributed by atoms with Crippen LogP contribution in [0.25, 0.3) is 10.6 Å². The van der Waals surface area contributed by atoms with Crippen LogP contribution >= 0.6 is 22.9 Å². The number of carbonyl (C=O) groups is 1. The molecule has 1 aromatic carbocycles. The number of amides is 1. The number of hydrogen-bond donors (Lipinski definition) is 1. The molecule has 3 rings (SSSR count). The highest BCUT2D eigenvalue weighted by atomic mass is 35.5. The van der Waals surface area contributed by atoms with E-state index in [0.717, 1.165) is 10.6 Å². The Morgan fingerprint density at radius 2 is 2.22 bits per heavy atom. The average molecular weight is 346 g/mol.